The number of carbonyl (C=O) groups is 2. The van der Waals surface area contributed by atoms with Gasteiger partial charge in [-0.3, -0.25) is 19.5 Å². The molecular formula is C26H31Cl2N3O3. The molecule has 1 amide bonds. The van der Waals surface area contributed by atoms with E-state index in [0.717, 1.165) is 49.2 Å². The van der Waals surface area contributed by atoms with E-state index in [1.807, 2.05) is 30.9 Å². The number of benzene rings is 1. The van der Waals surface area contributed by atoms with Crippen LogP contribution in [0.4, 0.5) is 0 Å². The first-order valence-electron chi connectivity index (χ1n) is 11.8. The number of halogens is 2. The molecule has 2 aliphatic heterocycles. The molecule has 0 bridgehead atoms. The number of carbonyl (C=O) groups excluding carboxylic acids is 2. The molecule has 0 radical (unpaired) electrons. The number of Topliss-reactive ketones (excluding diaryl/α,β-unsaturated/α-hetero) is 1. The third kappa shape index (κ3) is 5.62. The molecule has 2 atom stereocenters. The molecule has 0 N–H and O–H groups in total. The summed E-state index contributed by atoms with van der Waals surface area (Å²) in [6.07, 6.45) is 3.31. The molecule has 2 aliphatic rings. The van der Waals surface area contributed by atoms with Gasteiger partial charge in [-0.05, 0) is 68.5 Å². The first-order chi connectivity index (χ1) is 16.2. The van der Waals surface area contributed by atoms with Crippen LogP contribution < -0.4 is 0 Å². The largest absolute Gasteiger partial charge is 0.368 e. The minimum atomic E-state index is -0.275. The van der Waals surface area contributed by atoms with E-state index in [9.17, 15) is 9.59 Å². The van der Waals surface area contributed by atoms with E-state index in [0.29, 0.717) is 34.5 Å². The third-order valence-corrected chi connectivity index (χ3v) is 7.48. The van der Waals surface area contributed by atoms with Crippen molar-refractivity contribution in [1.82, 2.24) is 14.8 Å². The zero-order valence-electron chi connectivity index (χ0n) is 19.9. The number of amides is 1. The van der Waals surface area contributed by atoms with Crippen LogP contribution in [-0.2, 0) is 22.5 Å². The maximum atomic E-state index is 12.9. The number of aromatic nitrogens is 1. The lowest BCUT2D eigenvalue weighted by Gasteiger charge is -2.41. The highest BCUT2D eigenvalue weighted by Gasteiger charge is 2.34. The third-order valence-electron chi connectivity index (χ3n) is 6.88. The molecule has 0 aliphatic carbocycles. The van der Waals surface area contributed by atoms with Gasteiger partial charge in [-0.2, -0.15) is 0 Å². The van der Waals surface area contributed by atoms with Crippen LogP contribution >= 0.6 is 23.2 Å². The van der Waals surface area contributed by atoms with E-state index in [1.54, 1.807) is 12.3 Å². The number of ether oxygens (including phenoxy) is 1. The van der Waals surface area contributed by atoms with Crippen molar-refractivity contribution < 1.29 is 14.3 Å². The van der Waals surface area contributed by atoms with Crippen LogP contribution in [0.5, 0.6) is 0 Å². The van der Waals surface area contributed by atoms with Gasteiger partial charge in [-0.15, -0.1) is 0 Å². The maximum Gasteiger partial charge on any atom is 0.252 e. The van der Waals surface area contributed by atoms with E-state index in [2.05, 4.69) is 16.8 Å². The van der Waals surface area contributed by atoms with Crippen LogP contribution in [0.25, 0.3) is 0 Å². The Hall–Kier alpha value is -1.99. The lowest BCUT2D eigenvalue weighted by atomic mass is 9.96. The van der Waals surface area contributed by atoms with Crippen molar-refractivity contribution >= 4 is 34.9 Å². The number of rotatable bonds is 6. The molecule has 1 aromatic heterocycles. The lowest BCUT2D eigenvalue weighted by Crippen LogP contribution is -2.55. The van der Waals surface area contributed by atoms with Gasteiger partial charge in [-0.25, -0.2) is 0 Å². The molecule has 0 spiro atoms. The smallest absolute Gasteiger partial charge is 0.252 e. The number of piperazine rings is 1. The number of pyridine rings is 1. The Kier molecular flexibility index (Phi) is 7.93. The molecule has 4 rings (SSSR count). The first-order valence-corrected chi connectivity index (χ1v) is 12.6. The average molecular weight is 504 g/mol. The van der Waals surface area contributed by atoms with Crippen LogP contribution in [-0.4, -0.2) is 64.9 Å². The van der Waals surface area contributed by atoms with Gasteiger partial charge in [0.1, 0.15) is 6.10 Å². The summed E-state index contributed by atoms with van der Waals surface area (Å²) in [4.78, 5) is 34.2. The fourth-order valence-corrected chi connectivity index (χ4v) is 5.21. The van der Waals surface area contributed by atoms with Gasteiger partial charge >= 0.3 is 0 Å². The molecular weight excluding hydrogens is 473 g/mol. The summed E-state index contributed by atoms with van der Waals surface area (Å²) in [5.41, 5.74) is 4.27. The number of aryl methyl sites for hydroxylation is 1. The zero-order valence-corrected chi connectivity index (χ0v) is 21.5. The van der Waals surface area contributed by atoms with Crippen LogP contribution in [0.3, 0.4) is 0 Å². The monoisotopic (exact) mass is 503 g/mol. The van der Waals surface area contributed by atoms with E-state index >= 15 is 0 Å². The second-order valence-electron chi connectivity index (χ2n) is 9.36. The molecule has 3 heterocycles. The minimum Gasteiger partial charge on any atom is -0.368 e. The molecule has 2 fully saturated rings. The van der Waals surface area contributed by atoms with Gasteiger partial charge < -0.3 is 9.64 Å². The Morgan fingerprint density at radius 3 is 2.59 bits per heavy atom. The second kappa shape index (κ2) is 10.7. The van der Waals surface area contributed by atoms with Crippen molar-refractivity contribution in [3.05, 3.63) is 62.4 Å². The quantitative estimate of drug-likeness (QED) is 0.537. The van der Waals surface area contributed by atoms with Gasteiger partial charge in [0.05, 0.1) is 10.7 Å². The predicted molar refractivity (Wildman–Crippen MR) is 134 cm³/mol. The fraction of sp³-hybridized carbons (Fsp3) is 0.500. The van der Waals surface area contributed by atoms with Crippen molar-refractivity contribution in [1.29, 1.82) is 0 Å². The van der Waals surface area contributed by atoms with E-state index < -0.39 is 0 Å². The molecule has 0 unspecified atom stereocenters. The summed E-state index contributed by atoms with van der Waals surface area (Å²) in [6.45, 7) is 9.59. The zero-order chi connectivity index (χ0) is 24.4. The first kappa shape index (κ1) is 25.1. The Morgan fingerprint density at radius 2 is 1.91 bits per heavy atom. The summed E-state index contributed by atoms with van der Waals surface area (Å²) in [5, 5.41) is 1.10. The molecule has 2 saturated heterocycles. The average Bonchev–Trinajstić information content (AvgIpc) is 3.33. The number of hydrogen-bond donors (Lipinski definition) is 0. The molecule has 6 nitrogen and oxygen atoms in total. The summed E-state index contributed by atoms with van der Waals surface area (Å²) in [5.74, 6) is 0.0793. The summed E-state index contributed by atoms with van der Waals surface area (Å²) in [6, 6.07) is 5.63. The Morgan fingerprint density at radius 1 is 1.15 bits per heavy atom. The van der Waals surface area contributed by atoms with Crippen LogP contribution in [0.1, 0.15) is 52.5 Å². The highest BCUT2D eigenvalue weighted by molar-refractivity contribution is 6.31. The number of nitrogens with zero attached hydrogens (tertiary/aromatic N) is 3. The molecule has 0 saturated carbocycles. The van der Waals surface area contributed by atoms with Gasteiger partial charge in [0, 0.05) is 62.0 Å². The second-order valence-corrected chi connectivity index (χ2v) is 10.2. The van der Waals surface area contributed by atoms with E-state index in [4.69, 9.17) is 27.9 Å². The Bertz CT molecular complexity index is 1090. The van der Waals surface area contributed by atoms with Crippen molar-refractivity contribution in [2.75, 3.05) is 26.2 Å². The topological polar surface area (TPSA) is 62.7 Å². The van der Waals surface area contributed by atoms with E-state index in [1.165, 1.54) is 0 Å². The molecule has 34 heavy (non-hydrogen) atoms. The summed E-state index contributed by atoms with van der Waals surface area (Å²) < 4.78 is 5.60. The van der Waals surface area contributed by atoms with Crippen LogP contribution in [0.15, 0.2) is 24.4 Å². The van der Waals surface area contributed by atoms with Crippen molar-refractivity contribution in [2.45, 2.75) is 58.7 Å². The minimum absolute atomic E-state index is 0.0411. The molecule has 1 aromatic carbocycles. The highest BCUT2D eigenvalue weighted by Crippen LogP contribution is 2.26. The number of ketones is 1. The van der Waals surface area contributed by atoms with Gasteiger partial charge in [0.2, 0.25) is 0 Å². The normalized spacial score (nSPS) is 21.1. The highest BCUT2D eigenvalue weighted by atomic mass is 35.5. The Balaban J connectivity index is 1.43. The molecule has 8 heteroatoms. The fourth-order valence-electron chi connectivity index (χ4n) is 4.78. The van der Waals surface area contributed by atoms with Crippen molar-refractivity contribution in [2.24, 2.45) is 0 Å². The number of hydrogen-bond acceptors (Lipinski definition) is 5. The molecule has 182 valence electrons. The standard InChI is InChI=1S/C26H31Cl2N3O3/c1-16-14-30(6-7-31(16)26(33)25-5-4-8-34-25)15-21-10-22(27)9-19(17(21)2)12-24(32)20-11-23(28)18(3)29-13-20/h9-11,13,16,25H,4-8,12,14-15H2,1-3H3/t16-,25+/m0/s1. The van der Waals surface area contributed by atoms with Crippen LogP contribution in [0, 0.1) is 13.8 Å². The Labute approximate surface area is 211 Å². The van der Waals surface area contributed by atoms with Crippen LogP contribution in [0.2, 0.25) is 10.0 Å². The predicted octanol–water partition coefficient (Wildman–Crippen LogP) is 4.64. The van der Waals surface area contributed by atoms with E-state index in [-0.39, 0.29) is 30.3 Å². The molecule has 2 aromatic rings. The van der Waals surface area contributed by atoms with Gasteiger partial charge in [-0.1, -0.05) is 23.2 Å². The van der Waals surface area contributed by atoms with Gasteiger partial charge in [0.25, 0.3) is 5.91 Å². The van der Waals surface area contributed by atoms with Crippen molar-refractivity contribution in [3.8, 4) is 0 Å². The van der Waals surface area contributed by atoms with Gasteiger partial charge in [0.15, 0.2) is 5.78 Å². The SMILES string of the molecule is Cc1ncc(C(=O)Cc2cc(Cl)cc(CN3CCN(C(=O)[C@H]4CCCO4)[C@@H](C)C3)c2C)cc1Cl. The summed E-state index contributed by atoms with van der Waals surface area (Å²) >= 11 is 12.6. The lowest BCUT2D eigenvalue weighted by molar-refractivity contribution is -0.145. The summed E-state index contributed by atoms with van der Waals surface area (Å²) in [7, 11) is 0. The maximum absolute atomic E-state index is 12.9. The van der Waals surface area contributed by atoms with Crippen molar-refractivity contribution in [3.63, 3.8) is 0 Å².